The summed E-state index contributed by atoms with van der Waals surface area (Å²) in [4.78, 5) is 9.00. The van der Waals surface area contributed by atoms with Crippen molar-refractivity contribution in [2.75, 3.05) is 5.32 Å². The molecule has 0 unspecified atom stereocenters. The van der Waals surface area contributed by atoms with Gasteiger partial charge in [-0.2, -0.15) is 5.10 Å². The van der Waals surface area contributed by atoms with Crippen molar-refractivity contribution in [3.05, 3.63) is 60.4 Å². The molecule has 6 heteroatoms. The van der Waals surface area contributed by atoms with Crippen LogP contribution in [0.25, 0.3) is 16.4 Å². The quantitative estimate of drug-likeness (QED) is 0.708. The van der Waals surface area contributed by atoms with Crippen LogP contribution in [-0.4, -0.2) is 20.2 Å². The Hall–Kier alpha value is -2.66. The van der Waals surface area contributed by atoms with Crippen LogP contribution in [-0.2, 0) is 0 Å². The number of aromatic amines is 1. The minimum absolute atomic E-state index is 0.384. The second kappa shape index (κ2) is 6.09. The first-order chi connectivity index (χ1) is 11.7. The predicted octanol–water partition coefficient (Wildman–Crippen LogP) is 4.70. The first-order valence-electron chi connectivity index (χ1n) is 7.80. The Morgan fingerprint density at radius 3 is 2.75 bits per heavy atom. The zero-order chi connectivity index (χ0) is 16.5. The van der Waals surface area contributed by atoms with Crippen molar-refractivity contribution in [1.29, 1.82) is 0 Å². The summed E-state index contributed by atoms with van der Waals surface area (Å²) in [6.45, 7) is 3.79. The third kappa shape index (κ3) is 3.03. The van der Waals surface area contributed by atoms with E-state index in [9.17, 15) is 0 Å². The van der Waals surface area contributed by atoms with Gasteiger partial charge in [0, 0.05) is 34.5 Å². The minimum Gasteiger partial charge on any atom is -0.323 e. The van der Waals surface area contributed by atoms with E-state index >= 15 is 0 Å². The van der Waals surface area contributed by atoms with Gasteiger partial charge in [0.2, 0.25) is 0 Å². The number of aromatic nitrogens is 4. The zero-order valence-electron chi connectivity index (χ0n) is 13.0. The van der Waals surface area contributed by atoms with Crippen molar-refractivity contribution in [2.45, 2.75) is 18.8 Å². The molecule has 2 N–H and O–H groups in total. The van der Waals surface area contributed by atoms with Crippen LogP contribution in [0.4, 0.5) is 11.6 Å². The molecule has 120 valence electrons. The van der Waals surface area contributed by atoms with Crippen molar-refractivity contribution in [2.24, 2.45) is 0 Å². The Morgan fingerprint density at radius 2 is 2.04 bits per heavy atom. The lowest BCUT2D eigenvalue weighted by atomic mass is 10.2. The number of hydrogen-bond acceptors (Lipinski definition) is 4. The maximum absolute atomic E-state index is 6.10. The van der Waals surface area contributed by atoms with Crippen molar-refractivity contribution < 1.29 is 0 Å². The lowest BCUT2D eigenvalue weighted by Crippen LogP contribution is -2.01. The van der Waals surface area contributed by atoms with E-state index in [1.165, 1.54) is 12.8 Å². The molecule has 0 amide bonds. The molecule has 5 nitrogen and oxygen atoms in total. The van der Waals surface area contributed by atoms with E-state index in [4.69, 9.17) is 11.6 Å². The van der Waals surface area contributed by atoms with E-state index in [0.29, 0.717) is 34.0 Å². The molecule has 2 heterocycles. The highest BCUT2D eigenvalue weighted by molar-refractivity contribution is 6.48. The average Bonchev–Trinajstić information content (AvgIpc) is 3.35. The van der Waals surface area contributed by atoms with Gasteiger partial charge in [0.25, 0.3) is 0 Å². The van der Waals surface area contributed by atoms with Crippen molar-refractivity contribution in [3.8, 4) is 11.4 Å². The molecule has 1 saturated carbocycles. The molecule has 1 aromatic carbocycles. The Labute approximate surface area is 144 Å². The highest BCUT2D eigenvalue weighted by Gasteiger charge is 2.25. The molecule has 1 aliphatic rings. The third-order valence-corrected chi connectivity index (χ3v) is 4.18. The van der Waals surface area contributed by atoms with Crippen molar-refractivity contribution in [1.82, 2.24) is 20.2 Å². The number of nitrogens with zero attached hydrogens (tertiary/aromatic N) is 3. The zero-order valence-corrected chi connectivity index (χ0v) is 13.7. The monoisotopic (exact) mass is 337 g/mol. The van der Waals surface area contributed by atoms with Gasteiger partial charge >= 0.3 is 0 Å². The molecule has 4 rings (SSSR count). The summed E-state index contributed by atoms with van der Waals surface area (Å²) in [6, 6.07) is 11.8. The first kappa shape index (κ1) is 14.9. The fraction of sp³-hybridized carbons (Fsp3) is 0.167. The summed E-state index contributed by atoms with van der Waals surface area (Å²) >= 11 is 6.10. The predicted molar refractivity (Wildman–Crippen MR) is 96.2 cm³/mol. The van der Waals surface area contributed by atoms with Crippen LogP contribution in [0.15, 0.2) is 49.2 Å². The molecule has 0 saturated heterocycles. The molecule has 2 aromatic heterocycles. The van der Waals surface area contributed by atoms with Crippen LogP contribution in [0.3, 0.4) is 0 Å². The largest absolute Gasteiger partial charge is 0.323 e. The molecule has 0 spiro atoms. The van der Waals surface area contributed by atoms with Gasteiger partial charge in [-0.25, -0.2) is 9.97 Å². The normalized spacial score (nSPS) is 13.7. The molecule has 0 atom stereocenters. The van der Waals surface area contributed by atoms with E-state index in [0.717, 1.165) is 11.3 Å². The summed E-state index contributed by atoms with van der Waals surface area (Å²) < 4.78 is 0. The fourth-order valence-corrected chi connectivity index (χ4v) is 2.67. The van der Waals surface area contributed by atoms with E-state index in [1.54, 1.807) is 6.20 Å². The van der Waals surface area contributed by atoms with Crippen molar-refractivity contribution in [3.63, 3.8) is 0 Å². The average molecular weight is 338 g/mol. The number of nitrogens with one attached hydrogen (secondary N) is 2. The number of rotatable bonds is 5. The maximum atomic E-state index is 6.10. The van der Waals surface area contributed by atoms with Gasteiger partial charge in [-0.1, -0.05) is 48.5 Å². The number of halogens is 1. The van der Waals surface area contributed by atoms with E-state index < -0.39 is 0 Å². The third-order valence-electron chi connectivity index (χ3n) is 3.97. The Balaban J connectivity index is 1.69. The smallest absolute Gasteiger partial charge is 0.161 e. The molecule has 1 fully saturated rings. The molecular weight excluding hydrogens is 322 g/mol. The summed E-state index contributed by atoms with van der Waals surface area (Å²) in [6.07, 6.45) is 4.12. The van der Waals surface area contributed by atoms with Gasteiger partial charge in [-0.15, -0.1) is 0 Å². The van der Waals surface area contributed by atoms with E-state index in [2.05, 4.69) is 32.1 Å². The maximum Gasteiger partial charge on any atom is 0.161 e. The molecule has 0 bridgehead atoms. The van der Waals surface area contributed by atoms with Crippen LogP contribution in [0.1, 0.15) is 30.0 Å². The van der Waals surface area contributed by atoms with Gasteiger partial charge in [-0.05, 0) is 12.8 Å². The van der Waals surface area contributed by atoms with Gasteiger partial charge in [0.15, 0.2) is 11.6 Å². The fourth-order valence-electron chi connectivity index (χ4n) is 2.53. The lowest BCUT2D eigenvalue weighted by Gasteiger charge is -2.10. The Kier molecular flexibility index (Phi) is 3.78. The highest BCUT2D eigenvalue weighted by Crippen LogP contribution is 2.40. The van der Waals surface area contributed by atoms with Gasteiger partial charge in [0.1, 0.15) is 5.82 Å². The SMILES string of the molecule is C=C(Cl)c1cnc(-c2ccccc2)nc1Nc1cc(C2CC2)[nH]n1. The number of anilines is 2. The van der Waals surface area contributed by atoms with Crippen LogP contribution < -0.4 is 5.32 Å². The van der Waals surface area contributed by atoms with Gasteiger partial charge < -0.3 is 5.32 Å². The minimum atomic E-state index is 0.384. The molecule has 24 heavy (non-hydrogen) atoms. The summed E-state index contributed by atoms with van der Waals surface area (Å²) in [5.41, 5.74) is 2.75. The van der Waals surface area contributed by atoms with Crippen LogP contribution in [0.5, 0.6) is 0 Å². The van der Waals surface area contributed by atoms with Crippen LogP contribution >= 0.6 is 11.6 Å². The summed E-state index contributed by atoms with van der Waals surface area (Å²) in [5, 5.41) is 11.0. The number of benzene rings is 1. The second-order valence-electron chi connectivity index (χ2n) is 5.83. The van der Waals surface area contributed by atoms with E-state index in [-0.39, 0.29) is 0 Å². The second-order valence-corrected chi connectivity index (χ2v) is 6.29. The van der Waals surface area contributed by atoms with Crippen LogP contribution in [0.2, 0.25) is 0 Å². The summed E-state index contributed by atoms with van der Waals surface area (Å²) in [7, 11) is 0. The highest BCUT2D eigenvalue weighted by atomic mass is 35.5. The molecule has 0 radical (unpaired) electrons. The number of hydrogen-bond donors (Lipinski definition) is 2. The Bertz CT molecular complexity index is 883. The van der Waals surface area contributed by atoms with Crippen LogP contribution in [0, 0.1) is 0 Å². The number of H-pyrrole nitrogens is 1. The van der Waals surface area contributed by atoms with Gasteiger partial charge in [0.05, 0.1) is 5.56 Å². The topological polar surface area (TPSA) is 66.5 Å². The summed E-state index contributed by atoms with van der Waals surface area (Å²) in [5.74, 6) is 2.55. The Morgan fingerprint density at radius 1 is 1.25 bits per heavy atom. The first-order valence-corrected chi connectivity index (χ1v) is 8.18. The molecular formula is C18H16ClN5. The lowest BCUT2D eigenvalue weighted by molar-refractivity contribution is 0.966. The molecule has 1 aliphatic carbocycles. The van der Waals surface area contributed by atoms with Crippen molar-refractivity contribution >= 4 is 28.3 Å². The molecule has 0 aliphatic heterocycles. The van der Waals surface area contributed by atoms with Gasteiger partial charge in [-0.3, -0.25) is 5.10 Å². The standard InChI is InChI=1S/C18H16ClN5/c1-11(19)14-10-20-17(13-5-3-2-4-6-13)22-18(14)21-16-9-15(23-24-16)12-7-8-12/h2-6,9-10,12H,1,7-8H2,(H2,20,21,22,23,24). The van der Waals surface area contributed by atoms with E-state index in [1.807, 2.05) is 36.4 Å². The molecule has 3 aromatic rings.